The Hall–Kier alpha value is -0.610. The van der Waals surface area contributed by atoms with E-state index < -0.39 is 0 Å². The molecular weight excluding hydrogens is 132 g/mol. The van der Waals surface area contributed by atoms with Crippen LogP contribution in [0.25, 0.3) is 0 Å². The first-order valence-corrected chi connectivity index (χ1v) is 3.41. The number of hydrogen-bond donors (Lipinski definition) is 2. The summed E-state index contributed by atoms with van der Waals surface area (Å²) in [5.74, 6) is 4.27. The molecule has 0 aliphatic carbocycles. The Morgan fingerprint density at radius 3 is 2.90 bits per heavy atom. The molecular formula is C6H14N2O2. The fourth-order valence-corrected chi connectivity index (χ4v) is 0.593. The number of rotatable bonds is 5. The quantitative estimate of drug-likeness (QED) is 0.416. The van der Waals surface area contributed by atoms with Crippen LogP contribution in [0, 0.1) is 0 Å². The van der Waals surface area contributed by atoms with E-state index in [0.717, 1.165) is 19.5 Å². The zero-order chi connectivity index (χ0) is 7.82. The van der Waals surface area contributed by atoms with Gasteiger partial charge in [-0.1, -0.05) is 6.92 Å². The number of carbonyl (C=O) groups is 1. The van der Waals surface area contributed by atoms with E-state index in [4.69, 9.17) is 0 Å². The van der Waals surface area contributed by atoms with Crippen LogP contribution in [0.15, 0.2) is 0 Å². The van der Waals surface area contributed by atoms with Crippen molar-refractivity contribution in [3.05, 3.63) is 0 Å². The maximum absolute atomic E-state index is 10.4. The fraction of sp³-hybridized carbons (Fsp3) is 0.833. The van der Waals surface area contributed by atoms with Gasteiger partial charge in [-0.2, -0.15) is 5.90 Å². The van der Waals surface area contributed by atoms with E-state index in [1.54, 1.807) is 0 Å². The smallest absolute Gasteiger partial charge is 0.324 e. The van der Waals surface area contributed by atoms with Crippen LogP contribution in [0.3, 0.4) is 0 Å². The van der Waals surface area contributed by atoms with E-state index in [2.05, 4.69) is 16.1 Å². The highest BCUT2D eigenvalue weighted by Crippen LogP contribution is 1.87. The first-order valence-electron chi connectivity index (χ1n) is 3.41. The monoisotopic (exact) mass is 146 g/mol. The third kappa shape index (κ3) is 5.53. The lowest BCUT2D eigenvalue weighted by Gasteiger charge is -1.98. The molecule has 0 bridgehead atoms. The van der Waals surface area contributed by atoms with Gasteiger partial charge in [0.05, 0.1) is 0 Å². The average molecular weight is 146 g/mol. The summed E-state index contributed by atoms with van der Waals surface area (Å²) in [4.78, 5) is 14.4. The van der Waals surface area contributed by atoms with Crippen molar-refractivity contribution in [2.45, 2.75) is 19.8 Å². The summed E-state index contributed by atoms with van der Waals surface area (Å²) in [6.07, 6.45) is 1.17. The largest absolute Gasteiger partial charge is 0.373 e. The molecule has 0 aromatic rings. The molecule has 0 saturated heterocycles. The Morgan fingerprint density at radius 2 is 2.40 bits per heavy atom. The number of hydrogen-bond acceptors (Lipinski definition) is 4. The molecule has 0 heterocycles. The Balaban J connectivity index is 2.96. The molecule has 10 heavy (non-hydrogen) atoms. The van der Waals surface area contributed by atoms with E-state index in [1.165, 1.54) is 0 Å². The third-order valence-corrected chi connectivity index (χ3v) is 1.12. The molecule has 0 unspecified atom stereocenters. The van der Waals surface area contributed by atoms with E-state index in [0.29, 0.717) is 6.42 Å². The van der Waals surface area contributed by atoms with Crippen molar-refractivity contribution in [3.8, 4) is 0 Å². The summed E-state index contributed by atoms with van der Waals surface area (Å²) in [6.45, 7) is 3.78. The highest BCUT2D eigenvalue weighted by Gasteiger charge is 1.97. The van der Waals surface area contributed by atoms with Crippen molar-refractivity contribution in [2.75, 3.05) is 13.1 Å². The van der Waals surface area contributed by atoms with Gasteiger partial charge in [0.1, 0.15) is 0 Å². The summed E-state index contributed by atoms with van der Waals surface area (Å²) >= 11 is 0. The zero-order valence-electron chi connectivity index (χ0n) is 6.22. The van der Waals surface area contributed by atoms with Crippen LogP contribution in [0.1, 0.15) is 19.8 Å². The molecule has 0 aliphatic rings. The molecule has 0 aliphatic heterocycles. The maximum Gasteiger partial charge on any atom is 0.324 e. The Labute approximate surface area is 60.7 Å². The van der Waals surface area contributed by atoms with Gasteiger partial charge in [-0.25, -0.2) is 0 Å². The molecule has 3 N–H and O–H groups in total. The molecule has 0 rings (SSSR count). The standard InChI is InChI=1S/C6H14N2O2/c1-2-8-5-3-4-6(9)10-7/h8H,2-5,7H2,1H3. The van der Waals surface area contributed by atoms with E-state index in [1.807, 2.05) is 6.92 Å². The summed E-state index contributed by atoms with van der Waals surface area (Å²) in [7, 11) is 0. The lowest BCUT2D eigenvalue weighted by atomic mass is 10.3. The Morgan fingerprint density at radius 1 is 1.70 bits per heavy atom. The van der Waals surface area contributed by atoms with Crippen LogP contribution >= 0.6 is 0 Å². The fourth-order valence-electron chi connectivity index (χ4n) is 0.593. The van der Waals surface area contributed by atoms with Crippen molar-refractivity contribution < 1.29 is 9.63 Å². The molecule has 0 aromatic carbocycles. The minimum atomic E-state index is -0.349. The van der Waals surface area contributed by atoms with Gasteiger partial charge in [0.2, 0.25) is 0 Å². The zero-order valence-corrected chi connectivity index (χ0v) is 6.22. The maximum atomic E-state index is 10.4. The van der Waals surface area contributed by atoms with E-state index in [-0.39, 0.29) is 5.97 Å². The Kier molecular flexibility index (Phi) is 6.11. The van der Waals surface area contributed by atoms with Crippen molar-refractivity contribution in [2.24, 2.45) is 5.90 Å². The topological polar surface area (TPSA) is 64.3 Å². The second-order valence-corrected chi connectivity index (χ2v) is 1.95. The van der Waals surface area contributed by atoms with Gasteiger partial charge < -0.3 is 10.2 Å². The van der Waals surface area contributed by atoms with Crippen LogP contribution < -0.4 is 11.2 Å². The molecule has 4 heteroatoms. The SMILES string of the molecule is CCNCCCC(=O)ON. The summed E-state index contributed by atoms with van der Waals surface area (Å²) in [5.41, 5.74) is 0. The molecule has 0 atom stereocenters. The third-order valence-electron chi connectivity index (χ3n) is 1.12. The van der Waals surface area contributed by atoms with Crippen LogP contribution in [-0.2, 0) is 9.63 Å². The van der Waals surface area contributed by atoms with Gasteiger partial charge >= 0.3 is 5.97 Å². The van der Waals surface area contributed by atoms with Crippen LogP contribution in [0.2, 0.25) is 0 Å². The summed E-state index contributed by atoms with van der Waals surface area (Å²) in [5, 5.41) is 3.08. The summed E-state index contributed by atoms with van der Waals surface area (Å²) in [6, 6.07) is 0. The van der Waals surface area contributed by atoms with Gasteiger partial charge in [0, 0.05) is 6.42 Å². The predicted octanol–water partition coefficient (Wildman–Crippen LogP) is -0.207. The van der Waals surface area contributed by atoms with Crippen LogP contribution in [0.4, 0.5) is 0 Å². The molecule has 60 valence electrons. The van der Waals surface area contributed by atoms with Gasteiger partial charge in [-0.05, 0) is 19.5 Å². The first kappa shape index (κ1) is 9.39. The molecule has 0 saturated carbocycles. The molecule has 0 aromatic heterocycles. The number of nitrogens with two attached hydrogens (primary N) is 1. The molecule has 4 nitrogen and oxygen atoms in total. The van der Waals surface area contributed by atoms with Gasteiger partial charge in [0.15, 0.2) is 0 Å². The highest BCUT2D eigenvalue weighted by atomic mass is 16.7. The van der Waals surface area contributed by atoms with Crippen LogP contribution in [0.5, 0.6) is 0 Å². The predicted molar refractivity (Wildman–Crippen MR) is 38.1 cm³/mol. The second-order valence-electron chi connectivity index (χ2n) is 1.95. The van der Waals surface area contributed by atoms with Crippen molar-refractivity contribution in [1.82, 2.24) is 5.32 Å². The van der Waals surface area contributed by atoms with E-state index >= 15 is 0 Å². The van der Waals surface area contributed by atoms with Crippen LogP contribution in [-0.4, -0.2) is 19.1 Å². The lowest BCUT2D eigenvalue weighted by molar-refractivity contribution is -0.144. The lowest BCUT2D eigenvalue weighted by Crippen LogP contribution is -2.16. The van der Waals surface area contributed by atoms with E-state index in [9.17, 15) is 4.79 Å². The van der Waals surface area contributed by atoms with Gasteiger partial charge in [0.25, 0.3) is 0 Å². The number of carbonyl (C=O) groups excluding carboxylic acids is 1. The molecule has 0 spiro atoms. The minimum absolute atomic E-state index is 0.349. The molecule has 0 radical (unpaired) electrons. The average Bonchev–Trinajstić information content (AvgIpc) is 1.98. The summed E-state index contributed by atoms with van der Waals surface area (Å²) < 4.78 is 0. The Bertz CT molecular complexity index is 95.7. The van der Waals surface area contributed by atoms with Gasteiger partial charge in [-0.3, -0.25) is 4.79 Å². The van der Waals surface area contributed by atoms with Crippen molar-refractivity contribution in [3.63, 3.8) is 0 Å². The normalized spacial score (nSPS) is 9.40. The number of nitrogens with one attached hydrogen (secondary N) is 1. The highest BCUT2D eigenvalue weighted by molar-refractivity contribution is 5.68. The minimum Gasteiger partial charge on any atom is -0.373 e. The second kappa shape index (κ2) is 6.51. The van der Waals surface area contributed by atoms with Crippen molar-refractivity contribution >= 4 is 5.97 Å². The first-order chi connectivity index (χ1) is 4.81. The van der Waals surface area contributed by atoms with Crippen molar-refractivity contribution in [1.29, 1.82) is 0 Å². The van der Waals surface area contributed by atoms with Gasteiger partial charge in [-0.15, -0.1) is 0 Å². The molecule has 0 fully saturated rings. The molecule has 0 amide bonds.